The number of esters is 2. The van der Waals surface area contributed by atoms with Crippen LogP contribution in [-0.4, -0.2) is 34.5 Å². The van der Waals surface area contributed by atoms with Gasteiger partial charge in [0.2, 0.25) is 0 Å². The van der Waals surface area contributed by atoms with Gasteiger partial charge in [-0.3, -0.25) is 14.8 Å². The topological polar surface area (TPSA) is 98.1 Å². The zero-order valence-electron chi connectivity index (χ0n) is 16.6. The lowest BCUT2D eigenvalue weighted by Crippen LogP contribution is -2.18. The third-order valence-electron chi connectivity index (χ3n) is 3.78. The summed E-state index contributed by atoms with van der Waals surface area (Å²) in [6.45, 7) is 7.03. The first-order chi connectivity index (χ1) is 13.7. The molecule has 0 aliphatic carbocycles. The van der Waals surface area contributed by atoms with Crippen LogP contribution in [0.25, 0.3) is 0 Å². The van der Waals surface area contributed by atoms with Gasteiger partial charge in [-0.2, -0.15) is 0 Å². The minimum Gasteiger partial charge on any atom is -0.422 e. The molecule has 8 heteroatoms. The molecule has 1 N–H and O–H groups in total. The summed E-state index contributed by atoms with van der Waals surface area (Å²) in [5.41, 5.74) is 0.626. The number of rotatable bonds is 7. The zero-order valence-corrected chi connectivity index (χ0v) is 18.2. The second kappa shape index (κ2) is 10.3. The summed E-state index contributed by atoms with van der Waals surface area (Å²) < 4.78 is 11.6. The van der Waals surface area contributed by atoms with Gasteiger partial charge < -0.3 is 14.6 Å². The van der Waals surface area contributed by atoms with E-state index in [0.29, 0.717) is 10.0 Å². The van der Waals surface area contributed by atoms with E-state index >= 15 is 0 Å². The molecule has 29 heavy (non-hydrogen) atoms. The largest absolute Gasteiger partial charge is 0.422 e. The molecule has 0 saturated heterocycles. The number of aliphatic hydroxyl groups is 1. The Morgan fingerprint density at radius 2 is 1.93 bits per heavy atom. The average Bonchev–Trinajstić information content (AvgIpc) is 2.68. The Morgan fingerprint density at radius 3 is 2.52 bits per heavy atom. The molecule has 0 bridgehead atoms. The highest BCUT2D eigenvalue weighted by Gasteiger charge is 2.21. The summed E-state index contributed by atoms with van der Waals surface area (Å²) in [5.74, 6) is -1.55. The highest BCUT2D eigenvalue weighted by Crippen LogP contribution is 2.35. The van der Waals surface area contributed by atoms with Crippen LogP contribution in [0.4, 0.5) is 0 Å². The highest BCUT2D eigenvalue weighted by atomic mass is 79.9. The first kappa shape index (κ1) is 22.7. The molecule has 1 aromatic heterocycles. The van der Waals surface area contributed by atoms with Crippen LogP contribution in [0.3, 0.4) is 0 Å². The van der Waals surface area contributed by atoms with Gasteiger partial charge in [0.25, 0.3) is 0 Å². The summed E-state index contributed by atoms with van der Waals surface area (Å²) >= 11 is 3.36. The quantitative estimate of drug-likeness (QED) is 0.379. The van der Waals surface area contributed by atoms with Gasteiger partial charge in [-0.1, -0.05) is 43.6 Å². The zero-order chi connectivity index (χ0) is 21.6. The van der Waals surface area contributed by atoms with Gasteiger partial charge in [0.15, 0.2) is 11.5 Å². The number of halogens is 1. The summed E-state index contributed by atoms with van der Waals surface area (Å²) in [5, 5.41) is 9.97. The summed E-state index contributed by atoms with van der Waals surface area (Å²) in [4.78, 5) is 32.7. The number of hydrogen-bond acceptors (Lipinski definition) is 7. The second-order valence-electron chi connectivity index (χ2n) is 6.97. The van der Waals surface area contributed by atoms with E-state index in [1.54, 1.807) is 38.2 Å². The minimum absolute atomic E-state index is 0.0442. The molecule has 2 rings (SSSR count). The number of carbonyl (C=O) groups is 2. The number of pyridine rings is 1. The predicted molar refractivity (Wildman–Crippen MR) is 112 cm³/mol. The van der Waals surface area contributed by atoms with Gasteiger partial charge in [0.05, 0.1) is 11.5 Å². The lowest BCUT2D eigenvalue weighted by Gasteiger charge is -2.15. The molecular formula is C21H23BrN2O5. The molecule has 0 spiro atoms. The fourth-order valence-electron chi connectivity index (χ4n) is 2.06. The fourth-order valence-corrected chi connectivity index (χ4v) is 2.51. The van der Waals surface area contributed by atoms with E-state index in [1.807, 2.05) is 13.8 Å². The molecule has 2 aromatic rings. The summed E-state index contributed by atoms with van der Waals surface area (Å²) in [7, 11) is 0. The van der Waals surface area contributed by atoms with Gasteiger partial charge in [-0.15, -0.1) is 0 Å². The molecule has 7 nitrogen and oxygen atoms in total. The van der Waals surface area contributed by atoms with Gasteiger partial charge in [-0.25, -0.2) is 4.79 Å². The molecule has 154 valence electrons. The van der Waals surface area contributed by atoms with Gasteiger partial charge in [0, 0.05) is 28.6 Å². The third kappa shape index (κ3) is 6.47. The van der Waals surface area contributed by atoms with Crippen molar-refractivity contribution in [2.24, 2.45) is 16.8 Å². The van der Waals surface area contributed by atoms with Crippen LogP contribution in [0, 0.1) is 11.8 Å². The number of nitrogens with zero attached hydrogens (tertiary/aromatic N) is 2. The van der Waals surface area contributed by atoms with Crippen molar-refractivity contribution >= 4 is 34.1 Å². The molecule has 0 saturated carbocycles. The molecule has 1 aromatic carbocycles. The summed E-state index contributed by atoms with van der Waals surface area (Å²) in [6.07, 6.45) is 3.38. The molecular weight excluding hydrogens is 440 g/mol. The molecule has 0 aliphatic heterocycles. The van der Waals surface area contributed by atoms with Gasteiger partial charge >= 0.3 is 11.9 Å². The maximum atomic E-state index is 12.5. The third-order valence-corrected chi connectivity index (χ3v) is 4.24. The van der Waals surface area contributed by atoms with E-state index in [2.05, 4.69) is 25.9 Å². The minimum atomic E-state index is -0.927. The lowest BCUT2D eigenvalue weighted by atomic mass is 10.1. The van der Waals surface area contributed by atoms with Crippen LogP contribution in [-0.2, 0) is 4.79 Å². The van der Waals surface area contributed by atoms with Crippen LogP contribution in [0.1, 0.15) is 43.6 Å². The highest BCUT2D eigenvalue weighted by molar-refractivity contribution is 9.10. The number of aliphatic hydroxyl groups excluding tert-OH is 1. The number of aliphatic imine (C=N–C) groups is 1. The van der Waals surface area contributed by atoms with Gasteiger partial charge in [-0.05, 0) is 30.2 Å². The molecule has 0 radical (unpaired) electrons. The van der Waals surface area contributed by atoms with Crippen molar-refractivity contribution in [3.63, 3.8) is 0 Å². The Kier molecular flexibility index (Phi) is 8.04. The maximum Gasteiger partial charge on any atom is 0.345 e. The van der Waals surface area contributed by atoms with Gasteiger partial charge in [0.1, 0.15) is 6.23 Å². The Hall–Kier alpha value is -2.58. The number of hydrogen-bond donors (Lipinski definition) is 1. The van der Waals surface area contributed by atoms with Crippen LogP contribution < -0.4 is 9.47 Å². The van der Waals surface area contributed by atoms with Crippen LogP contribution in [0.2, 0.25) is 0 Å². The molecule has 0 aliphatic rings. The lowest BCUT2D eigenvalue weighted by molar-refractivity contribution is -0.137. The standard InChI is InChI=1S/C21H23BrN2O5/c1-12(2)19(25)24-11-15-8-16(22)9-17(18(15)29-20(26)13(3)4)28-21(27)14-6-5-7-23-10-14/h5-13,19,25H,1-4H3. The number of ether oxygens (including phenoxy) is 2. The Balaban J connectivity index is 2.47. The number of benzene rings is 1. The van der Waals surface area contributed by atoms with E-state index in [4.69, 9.17) is 9.47 Å². The van der Waals surface area contributed by atoms with Crippen LogP contribution in [0.5, 0.6) is 11.5 Å². The van der Waals surface area contributed by atoms with Crippen molar-refractivity contribution in [3.05, 3.63) is 52.3 Å². The number of carbonyl (C=O) groups excluding carboxylic acids is 2. The first-order valence-electron chi connectivity index (χ1n) is 9.07. The monoisotopic (exact) mass is 462 g/mol. The average molecular weight is 463 g/mol. The van der Waals surface area contributed by atoms with E-state index in [1.165, 1.54) is 18.5 Å². The van der Waals surface area contributed by atoms with Crippen LogP contribution >= 0.6 is 15.9 Å². The smallest absolute Gasteiger partial charge is 0.345 e. The van der Waals surface area contributed by atoms with Crippen molar-refractivity contribution in [2.75, 3.05) is 0 Å². The van der Waals surface area contributed by atoms with Crippen molar-refractivity contribution in [3.8, 4) is 11.5 Å². The molecule has 0 amide bonds. The van der Waals surface area contributed by atoms with Crippen molar-refractivity contribution in [2.45, 2.75) is 33.9 Å². The molecule has 0 fully saturated rings. The second-order valence-corrected chi connectivity index (χ2v) is 7.88. The van der Waals surface area contributed by atoms with Crippen molar-refractivity contribution in [1.29, 1.82) is 0 Å². The normalized spacial score (nSPS) is 12.4. The molecule has 1 heterocycles. The summed E-state index contributed by atoms with van der Waals surface area (Å²) in [6, 6.07) is 6.35. The van der Waals surface area contributed by atoms with E-state index < -0.39 is 24.1 Å². The SMILES string of the molecule is CC(C)C(=O)Oc1c(C=NC(O)C(C)C)cc(Br)cc1OC(=O)c1cccnc1. The molecule has 1 atom stereocenters. The fraction of sp³-hybridized carbons (Fsp3) is 0.333. The Bertz CT molecular complexity index is 897. The Labute approximate surface area is 177 Å². The predicted octanol–water partition coefficient (Wildman–Crippen LogP) is 4.02. The number of aromatic nitrogens is 1. The molecule has 1 unspecified atom stereocenters. The first-order valence-corrected chi connectivity index (χ1v) is 9.87. The van der Waals surface area contributed by atoms with E-state index in [9.17, 15) is 14.7 Å². The Morgan fingerprint density at radius 1 is 1.21 bits per heavy atom. The van der Waals surface area contributed by atoms with E-state index in [-0.39, 0.29) is 23.0 Å². The maximum absolute atomic E-state index is 12.5. The van der Waals surface area contributed by atoms with Crippen LogP contribution in [0.15, 0.2) is 46.1 Å². The van der Waals surface area contributed by atoms with E-state index in [0.717, 1.165) is 0 Å². The van der Waals surface area contributed by atoms with Crippen molar-refractivity contribution < 1.29 is 24.2 Å². The van der Waals surface area contributed by atoms with Crippen molar-refractivity contribution in [1.82, 2.24) is 4.98 Å².